The molecule has 0 amide bonds. The molecule has 1 N–H and O–H groups in total. The van der Waals surface area contributed by atoms with E-state index in [1.165, 1.54) is 99.8 Å². The molecular weight excluding hydrogens is 414 g/mol. The molecule has 0 bridgehead atoms. The van der Waals surface area contributed by atoms with E-state index in [0.29, 0.717) is 5.41 Å². The maximum Gasteiger partial charge on any atom is 0.0404 e. The number of aryl methyl sites for hydroxylation is 2. The molecule has 1 aliphatic rings. The number of piperidine rings is 1. The number of nitrogens with one attached hydrogen (secondary N) is 1. The normalized spacial score (nSPS) is 15.6. The van der Waals surface area contributed by atoms with Crippen molar-refractivity contribution in [2.75, 3.05) is 33.2 Å². The maximum absolute atomic E-state index is 4.81. The summed E-state index contributed by atoms with van der Waals surface area (Å²) in [6.45, 7) is 12.1. The predicted octanol–water partition coefficient (Wildman–Crippen LogP) is 7.15. The summed E-state index contributed by atoms with van der Waals surface area (Å²) in [6, 6.07) is 13.6. The summed E-state index contributed by atoms with van der Waals surface area (Å²) in [5.41, 5.74) is 5.68. The van der Waals surface area contributed by atoms with Crippen molar-refractivity contribution < 1.29 is 0 Å². The van der Waals surface area contributed by atoms with E-state index in [-0.39, 0.29) is 0 Å². The lowest BCUT2D eigenvalue weighted by molar-refractivity contribution is 0.111. The first kappa shape index (κ1) is 26.9. The second kappa shape index (κ2) is 14.0. The zero-order valence-electron chi connectivity index (χ0n) is 22.4. The average molecular weight is 464 g/mol. The number of hydrogen-bond donors (Lipinski definition) is 1. The summed E-state index contributed by atoms with van der Waals surface area (Å²) in [4.78, 5) is 7.52. The molecule has 188 valence electrons. The van der Waals surface area contributed by atoms with Crippen molar-refractivity contribution >= 4 is 0 Å². The van der Waals surface area contributed by atoms with Crippen LogP contribution in [-0.4, -0.2) is 43.1 Å². The van der Waals surface area contributed by atoms with Gasteiger partial charge >= 0.3 is 0 Å². The van der Waals surface area contributed by atoms with Gasteiger partial charge in [0.05, 0.1) is 0 Å². The van der Waals surface area contributed by atoms with Crippen LogP contribution in [0.5, 0.6) is 0 Å². The van der Waals surface area contributed by atoms with Gasteiger partial charge in [0.25, 0.3) is 0 Å². The van der Waals surface area contributed by atoms with Gasteiger partial charge in [-0.1, -0.05) is 57.5 Å². The summed E-state index contributed by atoms with van der Waals surface area (Å²) in [7, 11) is 2.03. The molecule has 34 heavy (non-hydrogen) atoms. The minimum Gasteiger partial charge on any atom is -0.320 e. The molecule has 1 fully saturated rings. The van der Waals surface area contributed by atoms with Gasteiger partial charge in [0.1, 0.15) is 0 Å². The van der Waals surface area contributed by atoms with Gasteiger partial charge in [0, 0.05) is 24.0 Å². The lowest BCUT2D eigenvalue weighted by Gasteiger charge is -2.38. The Morgan fingerprint density at radius 3 is 2.24 bits per heavy atom. The minimum atomic E-state index is 0.491. The highest BCUT2D eigenvalue weighted by atomic mass is 15.1. The van der Waals surface area contributed by atoms with Gasteiger partial charge in [-0.25, -0.2) is 0 Å². The SMILES string of the molecule is CCC(C)(CC)CN1CCC(CCc2ccc(-c3ccc(CCCCCNC)cc3)cn2)CC1. The standard InChI is InChI=1S/C31H49N3/c1-5-31(3,6-2)25-34-22-19-27(20-23-34)13-17-30-18-16-29(24-33-30)28-14-11-26(12-15-28)10-8-7-9-21-32-4/h11-12,14-16,18,24,27,32H,5-10,13,17,19-23,25H2,1-4H3. The number of rotatable bonds is 14. The van der Waals surface area contributed by atoms with Crippen molar-refractivity contribution in [3.8, 4) is 11.1 Å². The van der Waals surface area contributed by atoms with E-state index in [9.17, 15) is 0 Å². The fraction of sp³-hybridized carbons (Fsp3) is 0.645. The van der Waals surface area contributed by atoms with Gasteiger partial charge in [-0.05, 0) is 113 Å². The van der Waals surface area contributed by atoms with Crippen LogP contribution in [0.3, 0.4) is 0 Å². The highest BCUT2D eigenvalue weighted by Crippen LogP contribution is 2.30. The highest BCUT2D eigenvalue weighted by molar-refractivity contribution is 5.62. The molecule has 1 saturated heterocycles. The smallest absolute Gasteiger partial charge is 0.0404 e. The second-order valence-electron chi connectivity index (χ2n) is 10.9. The Hall–Kier alpha value is -1.71. The molecule has 1 aromatic heterocycles. The number of aromatic nitrogens is 1. The Kier molecular flexibility index (Phi) is 11.1. The predicted molar refractivity (Wildman–Crippen MR) is 147 cm³/mol. The largest absolute Gasteiger partial charge is 0.320 e. The lowest BCUT2D eigenvalue weighted by atomic mass is 9.83. The molecule has 3 rings (SSSR count). The van der Waals surface area contributed by atoms with Gasteiger partial charge < -0.3 is 10.2 Å². The summed E-state index contributed by atoms with van der Waals surface area (Å²) in [5.74, 6) is 0.859. The molecule has 0 atom stereocenters. The van der Waals surface area contributed by atoms with Crippen LogP contribution in [0.4, 0.5) is 0 Å². The molecule has 0 aliphatic carbocycles. The molecular formula is C31H49N3. The molecule has 0 saturated carbocycles. The summed E-state index contributed by atoms with van der Waals surface area (Å²) < 4.78 is 0. The van der Waals surface area contributed by atoms with Gasteiger partial charge in [0.15, 0.2) is 0 Å². The monoisotopic (exact) mass is 463 g/mol. The van der Waals surface area contributed by atoms with Crippen LogP contribution in [0.25, 0.3) is 11.1 Å². The first-order valence-electron chi connectivity index (χ1n) is 14.0. The zero-order chi connectivity index (χ0) is 24.2. The third-order valence-electron chi connectivity index (χ3n) is 8.33. The first-order valence-corrected chi connectivity index (χ1v) is 14.0. The van der Waals surface area contributed by atoms with E-state index < -0.39 is 0 Å². The minimum absolute atomic E-state index is 0.491. The van der Waals surface area contributed by atoms with E-state index in [1.54, 1.807) is 0 Å². The first-order chi connectivity index (χ1) is 16.5. The van der Waals surface area contributed by atoms with Crippen LogP contribution >= 0.6 is 0 Å². The van der Waals surface area contributed by atoms with Crippen LogP contribution in [0.1, 0.15) is 83.4 Å². The van der Waals surface area contributed by atoms with Gasteiger partial charge in [-0.3, -0.25) is 4.98 Å². The molecule has 1 aromatic carbocycles. The van der Waals surface area contributed by atoms with Crippen LogP contribution in [0, 0.1) is 11.3 Å². The molecule has 1 aliphatic heterocycles. The Labute approximate surface area is 209 Å². The number of benzene rings is 1. The van der Waals surface area contributed by atoms with Crippen molar-refractivity contribution in [2.24, 2.45) is 11.3 Å². The van der Waals surface area contributed by atoms with Crippen molar-refractivity contribution in [1.29, 1.82) is 0 Å². The quantitative estimate of drug-likeness (QED) is 0.301. The number of hydrogen-bond acceptors (Lipinski definition) is 3. The Bertz CT molecular complexity index is 800. The lowest BCUT2D eigenvalue weighted by Crippen LogP contribution is -2.40. The highest BCUT2D eigenvalue weighted by Gasteiger charge is 2.26. The Balaban J connectivity index is 1.40. The van der Waals surface area contributed by atoms with E-state index in [1.807, 2.05) is 7.05 Å². The van der Waals surface area contributed by atoms with Crippen LogP contribution < -0.4 is 5.32 Å². The van der Waals surface area contributed by atoms with Crippen LogP contribution in [-0.2, 0) is 12.8 Å². The molecule has 0 radical (unpaired) electrons. The second-order valence-corrected chi connectivity index (χ2v) is 10.9. The van der Waals surface area contributed by atoms with Crippen molar-refractivity contribution in [3.05, 3.63) is 53.9 Å². The number of nitrogens with zero attached hydrogens (tertiary/aromatic N) is 2. The fourth-order valence-corrected chi connectivity index (χ4v) is 5.21. The van der Waals surface area contributed by atoms with Crippen LogP contribution in [0.2, 0.25) is 0 Å². The van der Waals surface area contributed by atoms with E-state index in [0.717, 1.165) is 18.9 Å². The van der Waals surface area contributed by atoms with Gasteiger partial charge in [-0.2, -0.15) is 0 Å². The summed E-state index contributed by atoms with van der Waals surface area (Å²) in [5, 5.41) is 3.22. The third kappa shape index (κ3) is 8.50. The van der Waals surface area contributed by atoms with Crippen molar-refractivity contribution in [2.45, 2.75) is 85.0 Å². The molecule has 2 heterocycles. The summed E-state index contributed by atoms with van der Waals surface area (Å²) >= 11 is 0. The average Bonchev–Trinajstić information content (AvgIpc) is 2.89. The molecule has 3 nitrogen and oxygen atoms in total. The maximum atomic E-state index is 4.81. The third-order valence-corrected chi connectivity index (χ3v) is 8.33. The number of unbranched alkanes of at least 4 members (excludes halogenated alkanes) is 2. The zero-order valence-corrected chi connectivity index (χ0v) is 22.4. The fourth-order valence-electron chi connectivity index (χ4n) is 5.21. The molecule has 2 aromatic rings. The van der Waals surface area contributed by atoms with E-state index >= 15 is 0 Å². The van der Waals surface area contributed by atoms with Gasteiger partial charge in [0.2, 0.25) is 0 Å². The van der Waals surface area contributed by atoms with Crippen molar-refractivity contribution in [1.82, 2.24) is 15.2 Å². The topological polar surface area (TPSA) is 28.2 Å². The number of pyridine rings is 1. The summed E-state index contributed by atoms with van der Waals surface area (Å²) in [6.07, 6.45) is 14.7. The van der Waals surface area contributed by atoms with Crippen molar-refractivity contribution in [3.63, 3.8) is 0 Å². The van der Waals surface area contributed by atoms with E-state index in [4.69, 9.17) is 4.98 Å². The Morgan fingerprint density at radius 1 is 0.912 bits per heavy atom. The molecule has 3 heteroatoms. The molecule has 0 spiro atoms. The molecule has 0 unspecified atom stereocenters. The van der Waals surface area contributed by atoms with Crippen LogP contribution in [0.15, 0.2) is 42.6 Å². The Morgan fingerprint density at radius 2 is 1.62 bits per heavy atom. The van der Waals surface area contributed by atoms with Gasteiger partial charge in [-0.15, -0.1) is 0 Å². The van der Waals surface area contributed by atoms with E-state index in [2.05, 4.69) is 73.6 Å². The number of likely N-dealkylation sites (tertiary alicyclic amines) is 1.